The van der Waals surface area contributed by atoms with E-state index in [0.717, 1.165) is 11.1 Å². The molecule has 0 saturated carbocycles. The molecular weight excluding hydrogens is 630 g/mol. The minimum atomic E-state index is -1.20. The summed E-state index contributed by atoms with van der Waals surface area (Å²) in [6.45, 7) is 5.94. The molecule has 5 aliphatic rings. The van der Waals surface area contributed by atoms with Gasteiger partial charge in [0.2, 0.25) is 12.9 Å². The molecular formula is C33H35N3O10S. The molecule has 2 fully saturated rings. The predicted octanol–water partition coefficient (Wildman–Crippen LogP) is 3.16. The molecule has 1 N–H and O–H groups in total. The Morgan fingerprint density at radius 3 is 2.51 bits per heavy atom. The summed E-state index contributed by atoms with van der Waals surface area (Å²) in [5, 5.41) is 22.1. The highest BCUT2D eigenvalue weighted by atomic mass is 32.2. The summed E-state index contributed by atoms with van der Waals surface area (Å²) in [6.07, 6.45) is -0.713. The van der Waals surface area contributed by atoms with Crippen molar-refractivity contribution in [1.29, 1.82) is 5.26 Å². The van der Waals surface area contributed by atoms with Crippen molar-refractivity contribution in [2.75, 3.05) is 33.3 Å². The lowest BCUT2D eigenvalue weighted by atomic mass is 9.71. The van der Waals surface area contributed by atoms with Crippen LogP contribution in [0, 0.1) is 25.2 Å². The number of rotatable bonds is 3. The Bertz CT molecular complexity index is 1760. The lowest BCUT2D eigenvalue weighted by Crippen LogP contribution is -2.69. The number of likely N-dealkylation sites (N-methyl/N-ethyl adjacent to an activating group) is 1. The largest absolute Gasteiger partial charge is 0.504 e. The molecule has 0 aromatic heterocycles. The maximum absolute atomic E-state index is 13.3. The Labute approximate surface area is 275 Å². The zero-order valence-corrected chi connectivity index (χ0v) is 27.6. The van der Waals surface area contributed by atoms with Crippen LogP contribution in [0.5, 0.6) is 28.7 Å². The molecule has 13 nitrogen and oxygen atoms in total. The number of benzene rings is 2. The average molecular weight is 666 g/mol. The number of ether oxygens (including phenoxy) is 6. The second-order valence-corrected chi connectivity index (χ2v) is 13.7. The molecule has 47 heavy (non-hydrogen) atoms. The fourth-order valence-electron chi connectivity index (χ4n) is 8.23. The summed E-state index contributed by atoms with van der Waals surface area (Å²) in [6, 6.07) is 1.84. The number of phenols is 1. The zero-order chi connectivity index (χ0) is 33.5. The van der Waals surface area contributed by atoms with Crippen LogP contribution in [-0.2, 0) is 30.3 Å². The molecule has 2 saturated heterocycles. The van der Waals surface area contributed by atoms with Crippen molar-refractivity contribution in [3.63, 3.8) is 0 Å². The number of esters is 3. The predicted molar refractivity (Wildman–Crippen MR) is 165 cm³/mol. The van der Waals surface area contributed by atoms with Crippen molar-refractivity contribution >= 4 is 29.7 Å². The molecule has 0 aliphatic carbocycles. The third-order valence-corrected chi connectivity index (χ3v) is 11.3. The van der Waals surface area contributed by atoms with Gasteiger partial charge in [-0.25, -0.2) is 4.79 Å². The van der Waals surface area contributed by atoms with E-state index in [1.165, 1.54) is 32.7 Å². The summed E-state index contributed by atoms with van der Waals surface area (Å²) in [4.78, 5) is 42.3. The molecule has 248 valence electrons. The van der Waals surface area contributed by atoms with Crippen LogP contribution in [-0.4, -0.2) is 90.4 Å². The molecule has 5 heterocycles. The second kappa shape index (κ2) is 11.5. The molecule has 7 rings (SSSR count). The third kappa shape index (κ3) is 4.62. The Kier molecular flexibility index (Phi) is 7.69. The monoisotopic (exact) mass is 665 g/mol. The van der Waals surface area contributed by atoms with Gasteiger partial charge in [-0.15, -0.1) is 11.8 Å². The van der Waals surface area contributed by atoms with Crippen LogP contribution in [0.1, 0.15) is 64.6 Å². The van der Waals surface area contributed by atoms with Crippen LogP contribution in [0.15, 0.2) is 6.07 Å². The molecule has 5 aliphatic heterocycles. The van der Waals surface area contributed by atoms with Gasteiger partial charge in [0.05, 0.1) is 30.5 Å². The van der Waals surface area contributed by atoms with Gasteiger partial charge in [-0.3, -0.25) is 19.4 Å². The molecule has 0 spiro atoms. The number of methoxy groups -OCH3 is 1. The lowest BCUT2D eigenvalue weighted by Gasteiger charge is -2.61. The summed E-state index contributed by atoms with van der Waals surface area (Å²) >= 11 is 1.33. The fourth-order valence-corrected chi connectivity index (χ4v) is 9.71. The Morgan fingerprint density at radius 1 is 1.09 bits per heavy atom. The molecule has 2 aromatic carbocycles. The standard InChI is InChI=1S/C33H35N3O10S/c1-13-7-17-8-18-19(9-34)36-20-10-42-33(40)21(45-15(3)37)11-47-32(26(36)25(35(18)5)22(17)27(39)28(13)41-6)24-23(20)31-30(43-12-44-31)14(2)29(24)46-16(4)38/h7,18-21,25-26,32,39H,8,10-12H2,1-6H3/t18-,19-,20-,21-,25+,26?,32+/m0/s1. The zero-order valence-electron chi connectivity index (χ0n) is 26.8. The van der Waals surface area contributed by atoms with Gasteiger partial charge in [0.15, 0.2) is 23.0 Å². The SMILES string of the molecule is COc1c(C)cc2c(c1O)[C@@H]1C3[C@@H]4SC[C@H](OC(C)=O)C(=O)OC[C@@H](c5c6c(c(C)c(OC(C)=O)c54)OCO6)N3[C@@H](C#N)[C@H](C2)N1C. The van der Waals surface area contributed by atoms with Crippen LogP contribution in [0.2, 0.25) is 0 Å². The van der Waals surface area contributed by atoms with Gasteiger partial charge in [-0.05, 0) is 38.4 Å². The van der Waals surface area contributed by atoms with Gasteiger partial charge in [-0.1, -0.05) is 6.07 Å². The van der Waals surface area contributed by atoms with E-state index in [1.807, 2.05) is 20.0 Å². The van der Waals surface area contributed by atoms with Crippen LogP contribution in [0.25, 0.3) is 0 Å². The van der Waals surface area contributed by atoms with Gasteiger partial charge in [0.25, 0.3) is 0 Å². The number of nitrogens with zero attached hydrogens (tertiary/aromatic N) is 3. The van der Waals surface area contributed by atoms with E-state index in [4.69, 9.17) is 28.4 Å². The van der Waals surface area contributed by atoms with E-state index < -0.39 is 53.4 Å². The highest BCUT2D eigenvalue weighted by molar-refractivity contribution is 7.99. The summed E-state index contributed by atoms with van der Waals surface area (Å²) in [5.41, 5.74) is 4.20. The van der Waals surface area contributed by atoms with Crippen LogP contribution in [0.3, 0.4) is 0 Å². The van der Waals surface area contributed by atoms with E-state index in [0.29, 0.717) is 51.7 Å². The van der Waals surface area contributed by atoms with Crippen LogP contribution in [0.4, 0.5) is 0 Å². The number of phenolic OH excluding ortho intramolecular Hbond substituents is 1. The van der Waals surface area contributed by atoms with E-state index in [1.54, 1.807) is 6.92 Å². The molecule has 1 unspecified atom stereocenters. The van der Waals surface area contributed by atoms with E-state index in [9.17, 15) is 24.8 Å². The highest BCUT2D eigenvalue weighted by Crippen LogP contribution is 2.64. The van der Waals surface area contributed by atoms with E-state index in [2.05, 4.69) is 15.9 Å². The van der Waals surface area contributed by atoms with Gasteiger partial charge in [0, 0.05) is 53.9 Å². The minimum absolute atomic E-state index is 0.0116. The summed E-state index contributed by atoms with van der Waals surface area (Å²) < 4.78 is 34.9. The van der Waals surface area contributed by atoms with Gasteiger partial charge in [0.1, 0.15) is 18.4 Å². The number of aromatic hydroxyl groups is 1. The second-order valence-electron chi connectivity index (χ2n) is 12.5. The summed E-state index contributed by atoms with van der Waals surface area (Å²) in [5.74, 6) is -0.307. The maximum atomic E-state index is 13.3. The number of fused-ring (bicyclic) bond motifs is 9. The normalized spacial score (nSPS) is 29.0. The van der Waals surface area contributed by atoms with Crippen LogP contribution >= 0.6 is 11.8 Å². The number of thioether (sulfide) groups is 1. The first-order valence-electron chi connectivity index (χ1n) is 15.4. The van der Waals surface area contributed by atoms with Crippen molar-refractivity contribution in [2.24, 2.45) is 0 Å². The maximum Gasteiger partial charge on any atom is 0.348 e. The summed E-state index contributed by atoms with van der Waals surface area (Å²) in [7, 11) is 3.46. The first kappa shape index (κ1) is 31.4. The quantitative estimate of drug-likeness (QED) is 0.377. The van der Waals surface area contributed by atoms with Gasteiger partial charge in [-0.2, -0.15) is 5.26 Å². The smallest absolute Gasteiger partial charge is 0.348 e. The first-order valence-corrected chi connectivity index (χ1v) is 16.4. The van der Waals surface area contributed by atoms with Crippen molar-refractivity contribution < 1.29 is 47.9 Å². The molecule has 2 aromatic rings. The number of carbonyl (C=O) groups excluding carboxylic acids is 3. The number of cyclic esters (lactones) is 1. The van der Waals surface area contributed by atoms with Gasteiger partial charge < -0.3 is 33.5 Å². The van der Waals surface area contributed by atoms with Crippen molar-refractivity contribution in [3.8, 4) is 34.8 Å². The third-order valence-electron chi connectivity index (χ3n) is 9.93. The van der Waals surface area contributed by atoms with Crippen molar-refractivity contribution in [1.82, 2.24) is 9.80 Å². The highest BCUT2D eigenvalue weighted by Gasteiger charge is 2.60. The fraction of sp³-hybridized carbons (Fsp3) is 0.515. The molecule has 14 heteroatoms. The topological polar surface area (TPSA) is 157 Å². The minimum Gasteiger partial charge on any atom is -0.504 e. The van der Waals surface area contributed by atoms with E-state index in [-0.39, 0.29) is 30.9 Å². The average Bonchev–Trinajstić information content (AvgIpc) is 3.50. The number of nitriles is 1. The number of piperazine rings is 1. The number of carbonyl (C=O) groups is 3. The Hall–Kier alpha value is -4.19. The molecule has 7 atom stereocenters. The van der Waals surface area contributed by atoms with E-state index >= 15 is 0 Å². The van der Waals surface area contributed by atoms with Gasteiger partial charge >= 0.3 is 17.9 Å². The van der Waals surface area contributed by atoms with Crippen molar-refractivity contribution in [3.05, 3.63) is 39.4 Å². The first-order chi connectivity index (χ1) is 22.5. The van der Waals surface area contributed by atoms with Crippen LogP contribution < -0.4 is 18.9 Å². The number of aryl methyl sites for hydroxylation is 1. The molecule has 4 bridgehead atoms. The molecule has 0 amide bonds. The Balaban J connectivity index is 1.54. The number of hydrogen-bond acceptors (Lipinski definition) is 14. The molecule has 0 radical (unpaired) electrons. The lowest BCUT2D eigenvalue weighted by molar-refractivity contribution is -0.168. The van der Waals surface area contributed by atoms with Crippen molar-refractivity contribution in [2.45, 2.75) is 75.7 Å². The number of hydrogen-bond donors (Lipinski definition) is 1. The Morgan fingerprint density at radius 2 is 1.83 bits per heavy atom.